The smallest absolute Gasteiger partial charge is 0.412 e. The fourth-order valence-electron chi connectivity index (χ4n) is 5.38. The molecule has 0 radical (unpaired) electrons. The van der Waals surface area contributed by atoms with Gasteiger partial charge in [0.15, 0.2) is 0 Å². The number of nitrogens with zero attached hydrogens (tertiary/aromatic N) is 1. The number of hydrogen-bond acceptors (Lipinski definition) is 4. The third-order valence-corrected chi connectivity index (χ3v) is 6.82. The van der Waals surface area contributed by atoms with Crippen LogP contribution in [-0.4, -0.2) is 41.1 Å². The monoisotopic (exact) mass is 459 g/mol. The minimum Gasteiger partial charge on any atom is -0.444 e. The SMILES string of the molecule is C[C@@H](COCc1ccccc1)C[C@@H]1OC(C)(C)N(C(=O)OC(C)(C)C)[C@H]1CC1CCCCC1. The van der Waals surface area contributed by atoms with Crippen LogP contribution in [0, 0.1) is 11.8 Å². The van der Waals surface area contributed by atoms with Crippen LogP contribution in [0.4, 0.5) is 4.79 Å². The molecule has 2 aliphatic rings. The van der Waals surface area contributed by atoms with Gasteiger partial charge in [-0.2, -0.15) is 0 Å². The van der Waals surface area contributed by atoms with E-state index in [2.05, 4.69) is 19.1 Å². The van der Waals surface area contributed by atoms with E-state index in [1.165, 1.54) is 37.7 Å². The first-order chi connectivity index (χ1) is 15.5. The Morgan fingerprint density at radius 2 is 1.82 bits per heavy atom. The number of benzene rings is 1. The Balaban J connectivity index is 1.67. The van der Waals surface area contributed by atoms with Gasteiger partial charge in [0.25, 0.3) is 0 Å². The minimum atomic E-state index is -0.684. The Bertz CT molecular complexity index is 736. The molecule has 1 aliphatic heterocycles. The molecule has 1 saturated carbocycles. The van der Waals surface area contributed by atoms with E-state index in [9.17, 15) is 4.79 Å². The van der Waals surface area contributed by atoms with Crippen molar-refractivity contribution in [2.75, 3.05) is 6.61 Å². The topological polar surface area (TPSA) is 48.0 Å². The highest BCUT2D eigenvalue weighted by Crippen LogP contribution is 2.41. The van der Waals surface area contributed by atoms with Crippen LogP contribution in [0.25, 0.3) is 0 Å². The summed E-state index contributed by atoms with van der Waals surface area (Å²) in [4.78, 5) is 15.2. The van der Waals surface area contributed by atoms with Gasteiger partial charge in [0.2, 0.25) is 0 Å². The largest absolute Gasteiger partial charge is 0.444 e. The average molecular weight is 460 g/mol. The van der Waals surface area contributed by atoms with Crippen molar-refractivity contribution in [3.05, 3.63) is 35.9 Å². The quantitative estimate of drug-likeness (QED) is 0.422. The second kappa shape index (κ2) is 11.2. The standard InChI is InChI=1S/C28H45NO4/c1-21(19-31-20-23-15-11-8-12-16-23)17-25-24(18-22-13-9-7-10-14-22)29(28(5,6)32-25)26(30)33-27(2,3)4/h8,11-12,15-16,21-22,24-25H,7,9-10,13-14,17-20H2,1-6H3/t21-,24+,25+/m1/s1. The average Bonchev–Trinajstić information content (AvgIpc) is 2.97. The maximum atomic E-state index is 13.3. The lowest BCUT2D eigenvalue weighted by Crippen LogP contribution is -2.50. The fourth-order valence-corrected chi connectivity index (χ4v) is 5.38. The molecule has 0 N–H and O–H groups in total. The third-order valence-electron chi connectivity index (χ3n) is 6.82. The molecule has 0 bridgehead atoms. The van der Waals surface area contributed by atoms with E-state index in [-0.39, 0.29) is 18.2 Å². The molecular weight excluding hydrogens is 414 g/mol. The fraction of sp³-hybridized carbons (Fsp3) is 0.750. The van der Waals surface area contributed by atoms with E-state index in [1.807, 2.05) is 57.7 Å². The number of hydrogen-bond donors (Lipinski definition) is 0. The van der Waals surface area contributed by atoms with Crippen LogP contribution in [0.1, 0.15) is 92.1 Å². The van der Waals surface area contributed by atoms with Crippen LogP contribution in [0.2, 0.25) is 0 Å². The van der Waals surface area contributed by atoms with Crippen molar-refractivity contribution in [3.63, 3.8) is 0 Å². The zero-order valence-electron chi connectivity index (χ0n) is 21.6. The van der Waals surface area contributed by atoms with E-state index < -0.39 is 11.3 Å². The molecule has 3 atom stereocenters. The van der Waals surface area contributed by atoms with Crippen molar-refractivity contribution in [1.82, 2.24) is 4.90 Å². The predicted octanol–water partition coefficient (Wildman–Crippen LogP) is 6.94. The van der Waals surface area contributed by atoms with E-state index in [0.717, 1.165) is 12.8 Å². The molecule has 1 amide bonds. The first kappa shape index (κ1) is 26.0. The summed E-state index contributed by atoms with van der Waals surface area (Å²) in [5.74, 6) is 0.986. The van der Waals surface area contributed by atoms with E-state index in [4.69, 9.17) is 14.2 Å². The minimum absolute atomic E-state index is 0.00947. The van der Waals surface area contributed by atoms with Gasteiger partial charge in [-0.1, -0.05) is 69.4 Å². The van der Waals surface area contributed by atoms with Gasteiger partial charge in [-0.3, -0.25) is 4.90 Å². The lowest BCUT2D eigenvalue weighted by molar-refractivity contribution is -0.0834. The summed E-state index contributed by atoms with van der Waals surface area (Å²) in [5, 5.41) is 0. The Hall–Kier alpha value is -1.59. The van der Waals surface area contributed by atoms with Gasteiger partial charge in [-0.15, -0.1) is 0 Å². The highest BCUT2D eigenvalue weighted by atomic mass is 16.6. The summed E-state index contributed by atoms with van der Waals surface area (Å²) in [5.41, 5.74) is -0.0230. The molecule has 0 spiro atoms. The molecule has 0 aromatic heterocycles. The van der Waals surface area contributed by atoms with Crippen LogP contribution in [0.5, 0.6) is 0 Å². The highest BCUT2D eigenvalue weighted by Gasteiger charge is 2.51. The molecule has 2 fully saturated rings. The summed E-state index contributed by atoms with van der Waals surface area (Å²) in [6.45, 7) is 13.3. The number of amides is 1. The van der Waals surface area contributed by atoms with Gasteiger partial charge in [0, 0.05) is 6.61 Å². The summed E-state index contributed by atoms with van der Waals surface area (Å²) in [6.07, 6.45) is 8.01. The first-order valence-electron chi connectivity index (χ1n) is 12.9. The second-order valence-electron chi connectivity index (χ2n) is 11.6. The maximum Gasteiger partial charge on any atom is 0.412 e. The van der Waals surface area contributed by atoms with Gasteiger partial charge in [0.05, 0.1) is 18.8 Å². The van der Waals surface area contributed by atoms with E-state index >= 15 is 0 Å². The molecule has 33 heavy (non-hydrogen) atoms. The molecular formula is C28H45NO4. The number of ether oxygens (including phenoxy) is 3. The molecule has 5 nitrogen and oxygen atoms in total. The summed E-state index contributed by atoms with van der Waals surface area (Å²) in [6, 6.07) is 10.3. The van der Waals surface area contributed by atoms with Gasteiger partial charge >= 0.3 is 6.09 Å². The van der Waals surface area contributed by atoms with Crippen LogP contribution in [0.15, 0.2) is 30.3 Å². The van der Waals surface area contributed by atoms with Crippen molar-refractivity contribution in [3.8, 4) is 0 Å². The molecule has 1 heterocycles. The van der Waals surface area contributed by atoms with Crippen LogP contribution < -0.4 is 0 Å². The molecule has 186 valence electrons. The van der Waals surface area contributed by atoms with Gasteiger partial charge in [-0.05, 0) is 64.9 Å². The predicted molar refractivity (Wildman–Crippen MR) is 132 cm³/mol. The molecule has 1 aliphatic carbocycles. The Labute approximate surface area is 201 Å². The van der Waals surface area contributed by atoms with Crippen LogP contribution in [0.3, 0.4) is 0 Å². The first-order valence-corrected chi connectivity index (χ1v) is 12.9. The van der Waals surface area contributed by atoms with Crippen molar-refractivity contribution in [1.29, 1.82) is 0 Å². The summed E-state index contributed by atoms with van der Waals surface area (Å²) < 4.78 is 18.4. The van der Waals surface area contributed by atoms with Crippen molar-refractivity contribution in [2.45, 2.75) is 117 Å². The third kappa shape index (κ3) is 7.71. The zero-order valence-corrected chi connectivity index (χ0v) is 21.6. The molecule has 0 unspecified atom stereocenters. The lowest BCUT2D eigenvalue weighted by atomic mass is 9.82. The van der Waals surface area contributed by atoms with Gasteiger partial charge in [0.1, 0.15) is 11.3 Å². The van der Waals surface area contributed by atoms with E-state index in [1.54, 1.807) is 0 Å². The number of carbonyl (C=O) groups is 1. The summed E-state index contributed by atoms with van der Waals surface area (Å²) >= 11 is 0. The Morgan fingerprint density at radius 3 is 2.45 bits per heavy atom. The van der Waals surface area contributed by atoms with Crippen LogP contribution in [-0.2, 0) is 20.8 Å². The Kier molecular flexibility index (Phi) is 8.85. The van der Waals surface area contributed by atoms with Crippen molar-refractivity contribution >= 4 is 6.09 Å². The van der Waals surface area contributed by atoms with Gasteiger partial charge < -0.3 is 14.2 Å². The maximum absolute atomic E-state index is 13.3. The number of carbonyl (C=O) groups excluding carboxylic acids is 1. The molecule has 1 aromatic carbocycles. The van der Waals surface area contributed by atoms with Crippen LogP contribution >= 0.6 is 0 Å². The van der Waals surface area contributed by atoms with Crippen molar-refractivity contribution < 1.29 is 19.0 Å². The number of rotatable bonds is 8. The molecule has 1 aromatic rings. The normalized spacial score (nSPS) is 24.6. The molecule has 1 saturated heterocycles. The Morgan fingerprint density at radius 1 is 1.15 bits per heavy atom. The van der Waals surface area contributed by atoms with E-state index in [0.29, 0.717) is 25.0 Å². The van der Waals surface area contributed by atoms with Gasteiger partial charge in [-0.25, -0.2) is 4.79 Å². The second-order valence-corrected chi connectivity index (χ2v) is 11.6. The lowest BCUT2D eigenvalue weighted by Gasteiger charge is -2.37. The zero-order chi connectivity index (χ0) is 24.1. The molecule has 3 rings (SSSR count). The van der Waals surface area contributed by atoms with Crippen molar-refractivity contribution in [2.24, 2.45) is 11.8 Å². The molecule has 5 heteroatoms. The summed E-state index contributed by atoms with van der Waals surface area (Å²) in [7, 11) is 0. The highest BCUT2D eigenvalue weighted by molar-refractivity contribution is 5.70.